The van der Waals surface area contributed by atoms with Crippen LogP contribution in [0.25, 0.3) is 10.9 Å². The number of hydrogen-bond donors (Lipinski definition) is 2. The van der Waals surface area contributed by atoms with E-state index in [1.807, 2.05) is 6.07 Å². The Labute approximate surface area is 118 Å². The molecular formula is C16H18N4. The van der Waals surface area contributed by atoms with E-state index in [2.05, 4.69) is 59.4 Å². The molecule has 3 aromatic rings. The van der Waals surface area contributed by atoms with E-state index in [9.17, 15) is 0 Å². The number of benzene rings is 2. The van der Waals surface area contributed by atoms with Gasteiger partial charge in [0.15, 0.2) is 0 Å². The quantitative estimate of drug-likeness (QED) is 0.716. The summed E-state index contributed by atoms with van der Waals surface area (Å²) in [6.07, 6.45) is 1.79. The fraction of sp³-hybridized carbons (Fsp3) is 0.188. The lowest BCUT2D eigenvalue weighted by atomic mass is 10.1. The van der Waals surface area contributed by atoms with Crippen molar-refractivity contribution in [1.29, 1.82) is 0 Å². The molecular weight excluding hydrogens is 248 g/mol. The molecule has 0 saturated heterocycles. The molecule has 0 saturated carbocycles. The van der Waals surface area contributed by atoms with Crippen molar-refractivity contribution in [3.63, 3.8) is 0 Å². The number of nitrogens with one attached hydrogen (secondary N) is 1. The molecule has 1 heterocycles. The van der Waals surface area contributed by atoms with Crippen molar-refractivity contribution < 1.29 is 0 Å². The average Bonchev–Trinajstić information content (AvgIpc) is 2.87. The summed E-state index contributed by atoms with van der Waals surface area (Å²) in [6.45, 7) is 2.96. The molecule has 0 amide bonds. The molecule has 3 rings (SSSR count). The molecule has 0 aliphatic rings. The molecule has 0 aliphatic heterocycles. The van der Waals surface area contributed by atoms with E-state index in [1.165, 1.54) is 11.1 Å². The number of aryl methyl sites for hydroxylation is 1. The van der Waals surface area contributed by atoms with Gasteiger partial charge >= 0.3 is 0 Å². The number of aromatic amines is 1. The smallest absolute Gasteiger partial charge is 0.0672 e. The van der Waals surface area contributed by atoms with E-state index in [4.69, 9.17) is 5.73 Å². The van der Waals surface area contributed by atoms with Crippen molar-refractivity contribution in [2.45, 2.75) is 13.5 Å². The van der Waals surface area contributed by atoms with Crippen LogP contribution < -0.4 is 10.6 Å². The molecule has 102 valence electrons. The Morgan fingerprint density at radius 3 is 2.85 bits per heavy atom. The Balaban J connectivity index is 1.94. The summed E-state index contributed by atoms with van der Waals surface area (Å²) in [4.78, 5) is 2.16. The maximum atomic E-state index is 6.16. The first kappa shape index (κ1) is 12.5. The third-order valence-corrected chi connectivity index (χ3v) is 3.67. The van der Waals surface area contributed by atoms with Crippen molar-refractivity contribution in [3.05, 3.63) is 53.7 Å². The highest BCUT2D eigenvalue weighted by Gasteiger charge is 2.09. The van der Waals surface area contributed by atoms with Crippen LogP contribution in [0.1, 0.15) is 11.1 Å². The minimum atomic E-state index is 0.773. The van der Waals surface area contributed by atoms with Gasteiger partial charge in [-0.05, 0) is 30.2 Å². The molecule has 0 bridgehead atoms. The zero-order chi connectivity index (χ0) is 14.1. The highest BCUT2D eigenvalue weighted by Crippen LogP contribution is 2.28. The number of anilines is 2. The normalized spacial score (nSPS) is 10.9. The van der Waals surface area contributed by atoms with Crippen molar-refractivity contribution in [2.24, 2.45) is 0 Å². The van der Waals surface area contributed by atoms with Crippen LogP contribution in [0.2, 0.25) is 0 Å². The lowest BCUT2D eigenvalue weighted by Gasteiger charge is -2.22. The van der Waals surface area contributed by atoms with E-state index >= 15 is 0 Å². The van der Waals surface area contributed by atoms with E-state index < -0.39 is 0 Å². The van der Waals surface area contributed by atoms with Gasteiger partial charge in [-0.15, -0.1) is 0 Å². The van der Waals surface area contributed by atoms with Crippen LogP contribution in [0.4, 0.5) is 11.4 Å². The van der Waals surface area contributed by atoms with Crippen LogP contribution in [0, 0.1) is 6.92 Å². The Bertz CT molecular complexity index is 745. The fourth-order valence-electron chi connectivity index (χ4n) is 2.46. The summed E-state index contributed by atoms with van der Waals surface area (Å²) in [5, 5.41) is 8.06. The summed E-state index contributed by atoms with van der Waals surface area (Å²) in [5.41, 5.74) is 11.5. The molecule has 4 heteroatoms. The molecule has 4 nitrogen and oxygen atoms in total. The minimum absolute atomic E-state index is 0.773. The largest absolute Gasteiger partial charge is 0.397 e. The summed E-state index contributed by atoms with van der Waals surface area (Å²) in [5.74, 6) is 0. The summed E-state index contributed by atoms with van der Waals surface area (Å²) in [7, 11) is 2.06. The number of H-pyrrole nitrogens is 1. The molecule has 0 fully saturated rings. The average molecular weight is 266 g/mol. The predicted octanol–water partition coefficient (Wildman–Crippen LogP) is 3.09. The highest BCUT2D eigenvalue weighted by molar-refractivity contribution is 5.88. The van der Waals surface area contributed by atoms with E-state index in [0.29, 0.717) is 0 Å². The maximum absolute atomic E-state index is 6.16. The van der Waals surface area contributed by atoms with Crippen molar-refractivity contribution >= 4 is 22.3 Å². The second-order valence-electron chi connectivity index (χ2n) is 5.15. The Morgan fingerprint density at radius 2 is 2.05 bits per heavy atom. The number of hydrogen-bond acceptors (Lipinski definition) is 3. The lowest BCUT2D eigenvalue weighted by Crippen LogP contribution is -2.18. The van der Waals surface area contributed by atoms with Crippen LogP contribution in [0.5, 0.6) is 0 Å². The third kappa shape index (κ3) is 2.20. The maximum Gasteiger partial charge on any atom is 0.0672 e. The number of fused-ring (bicyclic) bond motifs is 1. The number of nitrogen functional groups attached to an aromatic ring is 1. The Kier molecular flexibility index (Phi) is 3.06. The van der Waals surface area contributed by atoms with Gasteiger partial charge in [-0.25, -0.2) is 0 Å². The van der Waals surface area contributed by atoms with Gasteiger partial charge in [0.25, 0.3) is 0 Å². The molecule has 2 aromatic carbocycles. The molecule has 0 atom stereocenters. The zero-order valence-corrected chi connectivity index (χ0v) is 11.7. The van der Waals surface area contributed by atoms with Crippen molar-refractivity contribution in [2.75, 3.05) is 17.7 Å². The molecule has 0 aliphatic carbocycles. The number of aromatic nitrogens is 2. The third-order valence-electron chi connectivity index (χ3n) is 3.67. The van der Waals surface area contributed by atoms with Gasteiger partial charge in [-0.2, -0.15) is 5.10 Å². The molecule has 0 radical (unpaired) electrons. The number of nitrogens with zero attached hydrogens (tertiary/aromatic N) is 2. The summed E-state index contributed by atoms with van der Waals surface area (Å²) < 4.78 is 0. The predicted molar refractivity (Wildman–Crippen MR) is 83.8 cm³/mol. The Hall–Kier alpha value is -2.49. The van der Waals surface area contributed by atoms with Gasteiger partial charge in [-0.3, -0.25) is 5.10 Å². The van der Waals surface area contributed by atoms with Crippen LogP contribution in [-0.4, -0.2) is 17.2 Å². The van der Waals surface area contributed by atoms with Gasteiger partial charge < -0.3 is 10.6 Å². The molecule has 0 unspecified atom stereocenters. The summed E-state index contributed by atoms with van der Waals surface area (Å²) in [6, 6.07) is 12.4. The van der Waals surface area contributed by atoms with Gasteiger partial charge in [0, 0.05) is 19.0 Å². The fourth-order valence-corrected chi connectivity index (χ4v) is 2.46. The van der Waals surface area contributed by atoms with Crippen molar-refractivity contribution in [1.82, 2.24) is 10.2 Å². The first-order valence-corrected chi connectivity index (χ1v) is 6.63. The molecule has 0 spiro atoms. The molecule has 3 N–H and O–H groups in total. The van der Waals surface area contributed by atoms with Gasteiger partial charge in [0.2, 0.25) is 0 Å². The lowest BCUT2D eigenvalue weighted by molar-refractivity contribution is 0.916. The monoisotopic (exact) mass is 266 g/mol. The van der Waals surface area contributed by atoms with E-state index in [0.717, 1.165) is 28.8 Å². The van der Waals surface area contributed by atoms with Crippen LogP contribution >= 0.6 is 0 Å². The van der Waals surface area contributed by atoms with Crippen molar-refractivity contribution in [3.8, 4) is 0 Å². The van der Waals surface area contributed by atoms with E-state index in [-0.39, 0.29) is 0 Å². The van der Waals surface area contributed by atoms with Gasteiger partial charge in [-0.1, -0.05) is 24.3 Å². The molecule has 1 aromatic heterocycles. The van der Waals surface area contributed by atoms with Crippen LogP contribution in [-0.2, 0) is 6.54 Å². The second-order valence-corrected chi connectivity index (χ2v) is 5.15. The van der Waals surface area contributed by atoms with E-state index in [1.54, 1.807) is 6.20 Å². The first-order valence-electron chi connectivity index (χ1n) is 6.63. The summed E-state index contributed by atoms with van der Waals surface area (Å²) >= 11 is 0. The number of rotatable bonds is 3. The van der Waals surface area contributed by atoms with Crippen LogP contribution in [0.15, 0.2) is 42.6 Å². The standard InChI is InChI=1S/C16H18N4/c1-11-5-3-4-6-12(11)10-20(2)16-8-15-13(7-14(16)17)9-18-19-15/h3-9H,10,17H2,1-2H3,(H,18,19). The van der Waals surface area contributed by atoms with Gasteiger partial charge in [0.1, 0.15) is 0 Å². The first-order chi connectivity index (χ1) is 9.65. The minimum Gasteiger partial charge on any atom is -0.397 e. The SMILES string of the molecule is Cc1ccccc1CN(C)c1cc2[nH]ncc2cc1N. The number of nitrogens with two attached hydrogens (primary N) is 1. The van der Waals surface area contributed by atoms with Gasteiger partial charge in [0.05, 0.1) is 23.1 Å². The highest BCUT2D eigenvalue weighted by atomic mass is 15.1. The second kappa shape index (κ2) is 4.89. The zero-order valence-electron chi connectivity index (χ0n) is 11.7. The van der Waals surface area contributed by atoms with Crippen LogP contribution in [0.3, 0.4) is 0 Å². The topological polar surface area (TPSA) is 57.9 Å². The molecule has 20 heavy (non-hydrogen) atoms. The Morgan fingerprint density at radius 1 is 1.25 bits per heavy atom.